The van der Waals surface area contributed by atoms with Gasteiger partial charge in [-0.2, -0.15) is 0 Å². The van der Waals surface area contributed by atoms with E-state index in [-0.39, 0.29) is 6.61 Å². The molecule has 0 aliphatic heterocycles. The quantitative estimate of drug-likeness (QED) is 0.275. The van der Waals surface area contributed by atoms with Crippen LogP contribution >= 0.6 is 8.38 Å². The van der Waals surface area contributed by atoms with Gasteiger partial charge in [0.05, 0.1) is 5.52 Å². The number of H-pyrrole nitrogens is 3. The van der Waals surface area contributed by atoms with E-state index < -0.39 is 19.6 Å². The number of aliphatic hydroxyl groups is 1. The van der Waals surface area contributed by atoms with E-state index in [9.17, 15) is 9.59 Å². The van der Waals surface area contributed by atoms with E-state index in [1.165, 1.54) is 0 Å². The Balaban J connectivity index is 0.000000261. The van der Waals surface area contributed by atoms with Crippen molar-refractivity contribution >= 4 is 19.4 Å². The van der Waals surface area contributed by atoms with Crippen LogP contribution in [0.2, 0.25) is 0 Å². The normalized spacial score (nSPS) is 10.8. The molecule has 0 bridgehead atoms. The van der Waals surface area contributed by atoms with Gasteiger partial charge in [0.2, 0.25) is 0 Å². The zero-order valence-electron chi connectivity index (χ0n) is 12.2. The lowest BCUT2D eigenvalue weighted by Crippen LogP contribution is -2.22. The molecule has 0 amide bonds. The molecule has 0 radical (unpaired) electrons. The molecule has 0 saturated carbocycles. The first-order chi connectivity index (χ1) is 10.5. The molecule has 22 heavy (non-hydrogen) atoms. The highest BCUT2D eigenvalue weighted by molar-refractivity contribution is 7.45. The molecule has 0 unspecified atom stereocenters. The number of hydrogen-bond donors (Lipinski definition) is 7. The van der Waals surface area contributed by atoms with Gasteiger partial charge in [0.25, 0.3) is 5.56 Å². The average molecular weight is 332 g/mol. The van der Waals surface area contributed by atoms with Crippen LogP contribution < -0.4 is 16.6 Å². The minimum atomic E-state index is -1.72. The second kappa shape index (κ2) is 9.50. The van der Waals surface area contributed by atoms with Gasteiger partial charge in [0.1, 0.15) is 5.52 Å². The number of fused-ring (bicyclic) bond motifs is 1. The van der Waals surface area contributed by atoms with E-state index in [0.29, 0.717) is 36.6 Å². The van der Waals surface area contributed by atoms with Crippen LogP contribution in [-0.4, -0.2) is 49.7 Å². The summed E-state index contributed by atoms with van der Waals surface area (Å²) in [6, 6.07) is 0. The van der Waals surface area contributed by atoms with Crippen molar-refractivity contribution in [2.45, 2.75) is 19.4 Å². The molecular formula is C12H21N4O5P. The van der Waals surface area contributed by atoms with E-state index >= 15 is 0 Å². The number of rotatable bonds is 6. The molecule has 0 aliphatic rings. The molecule has 9 nitrogen and oxygen atoms in total. The zero-order valence-corrected chi connectivity index (χ0v) is 13.1. The minimum Gasteiger partial charge on any atom is -0.396 e. The third-order valence-electron chi connectivity index (χ3n) is 2.79. The summed E-state index contributed by atoms with van der Waals surface area (Å²) in [6.07, 6.45) is 3.50. The predicted molar refractivity (Wildman–Crippen MR) is 84.8 cm³/mol. The van der Waals surface area contributed by atoms with Crippen LogP contribution in [0.15, 0.2) is 15.8 Å². The summed E-state index contributed by atoms with van der Waals surface area (Å²) in [4.78, 5) is 46.5. The van der Waals surface area contributed by atoms with Gasteiger partial charge >= 0.3 is 5.69 Å². The molecule has 0 aromatic carbocycles. The average Bonchev–Trinajstić information content (AvgIpc) is 2.83. The fraction of sp³-hybridized carbons (Fsp3) is 0.500. The van der Waals surface area contributed by atoms with Crippen LogP contribution in [-0.2, 0) is 6.54 Å². The van der Waals surface area contributed by atoms with Gasteiger partial charge < -0.3 is 30.2 Å². The van der Waals surface area contributed by atoms with Gasteiger partial charge in [-0.1, -0.05) is 0 Å². The number of nitrogens with one attached hydrogen (secondary N) is 4. The van der Waals surface area contributed by atoms with E-state index in [0.717, 1.165) is 5.56 Å². The van der Waals surface area contributed by atoms with Gasteiger partial charge in [-0.05, 0) is 19.9 Å². The summed E-state index contributed by atoms with van der Waals surface area (Å²) in [5, 5.41) is 11.2. The Morgan fingerprint density at radius 2 is 1.91 bits per heavy atom. The summed E-state index contributed by atoms with van der Waals surface area (Å²) < 4.78 is 0. The van der Waals surface area contributed by atoms with E-state index in [4.69, 9.17) is 14.9 Å². The van der Waals surface area contributed by atoms with Gasteiger partial charge in [0, 0.05) is 31.1 Å². The van der Waals surface area contributed by atoms with Crippen molar-refractivity contribution in [3.63, 3.8) is 0 Å². The predicted octanol–water partition coefficient (Wildman–Crippen LogP) is -0.681. The van der Waals surface area contributed by atoms with Crippen molar-refractivity contribution in [2.75, 3.05) is 19.8 Å². The fourth-order valence-corrected chi connectivity index (χ4v) is 2.30. The maximum atomic E-state index is 11.3. The Labute approximate surface area is 127 Å². The molecule has 124 valence electrons. The molecule has 2 aromatic heterocycles. The fourth-order valence-electron chi connectivity index (χ4n) is 1.79. The zero-order chi connectivity index (χ0) is 16.5. The highest BCUT2D eigenvalue weighted by Crippen LogP contribution is 2.23. The van der Waals surface area contributed by atoms with Gasteiger partial charge in [-0.3, -0.25) is 9.78 Å². The van der Waals surface area contributed by atoms with Crippen molar-refractivity contribution in [1.29, 1.82) is 0 Å². The van der Waals surface area contributed by atoms with Crippen molar-refractivity contribution in [3.8, 4) is 0 Å². The van der Waals surface area contributed by atoms with Crippen LogP contribution in [0.1, 0.15) is 18.4 Å². The molecule has 2 heterocycles. The van der Waals surface area contributed by atoms with E-state index in [1.807, 2.05) is 0 Å². The summed E-state index contributed by atoms with van der Waals surface area (Å²) >= 11 is 0. The van der Waals surface area contributed by atoms with Crippen LogP contribution in [0, 0.1) is 0 Å². The second-order valence-corrected chi connectivity index (χ2v) is 5.72. The molecule has 0 saturated heterocycles. The summed E-state index contributed by atoms with van der Waals surface area (Å²) in [6.45, 7) is 0.739. The Morgan fingerprint density at radius 1 is 1.18 bits per heavy atom. The Bertz CT molecular complexity index is 678. The first-order valence-corrected chi connectivity index (χ1v) is 8.16. The highest BCUT2D eigenvalue weighted by atomic mass is 31.2. The molecule has 0 fully saturated rings. The standard InChI is InChI=1S/C8H10N4O2.C4H11O3P/c1-9-2-4-3-10-6-5(4)11-8(14)12-7(6)13;5-3-1-2-4-8(6)7/h3,9-10H,2H2,1H3,(H2,11,12,13,14);5-7H,1-4H2. The van der Waals surface area contributed by atoms with Crippen molar-refractivity contribution in [3.05, 3.63) is 32.6 Å². The Hall–Kier alpha value is -1.51. The molecular weight excluding hydrogens is 311 g/mol. The van der Waals surface area contributed by atoms with Crippen LogP contribution in [0.4, 0.5) is 0 Å². The number of aromatic nitrogens is 3. The largest absolute Gasteiger partial charge is 0.396 e. The maximum absolute atomic E-state index is 11.3. The monoisotopic (exact) mass is 332 g/mol. The molecule has 10 heteroatoms. The minimum absolute atomic E-state index is 0.142. The molecule has 0 spiro atoms. The number of hydrogen-bond acceptors (Lipinski definition) is 6. The summed E-state index contributed by atoms with van der Waals surface area (Å²) in [5.41, 5.74) is 0.944. The molecule has 0 aliphatic carbocycles. The van der Waals surface area contributed by atoms with Crippen molar-refractivity contribution < 1.29 is 14.9 Å². The Kier molecular flexibility index (Phi) is 8.00. The number of aliphatic hydroxyl groups excluding tert-OH is 1. The smallest absolute Gasteiger partial charge is 0.326 e. The lowest BCUT2D eigenvalue weighted by molar-refractivity contribution is 0.286. The topological polar surface area (TPSA) is 154 Å². The van der Waals surface area contributed by atoms with Crippen LogP contribution in [0.25, 0.3) is 11.0 Å². The van der Waals surface area contributed by atoms with Crippen LogP contribution in [0.5, 0.6) is 0 Å². The number of unbranched alkanes of at least 4 members (excludes halogenated alkanes) is 1. The Morgan fingerprint density at radius 3 is 2.50 bits per heavy atom. The second-order valence-electron chi connectivity index (χ2n) is 4.53. The summed E-state index contributed by atoms with van der Waals surface area (Å²) in [5.74, 6) is 0. The lowest BCUT2D eigenvalue weighted by Gasteiger charge is -1.97. The van der Waals surface area contributed by atoms with E-state index in [1.54, 1.807) is 13.2 Å². The highest BCUT2D eigenvalue weighted by Gasteiger charge is 2.06. The van der Waals surface area contributed by atoms with Crippen molar-refractivity contribution in [1.82, 2.24) is 20.3 Å². The lowest BCUT2D eigenvalue weighted by atomic mass is 10.3. The van der Waals surface area contributed by atoms with Crippen molar-refractivity contribution in [2.24, 2.45) is 0 Å². The molecule has 2 aromatic rings. The third-order valence-corrected chi connectivity index (χ3v) is 3.50. The molecule has 2 rings (SSSR count). The first-order valence-electron chi connectivity index (χ1n) is 6.73. The van der Waals surface area contributed by atoms with E-state index in [2.05, 4.69) is 20.3 Å². The number of aromatic amines is 3. The van der Waals surface area contributed by atoms with Gasteiger partial charge in [-0.25, -0.2) is 4.79 Å². The summed E-state index contributed by atoms with van der Waals surface area (Å²) in [7, 11) is 0.0726. The first kappa shape index (κ1) is 18.5. The SMILES string of the molecule is CNCc1c[nH]c2c(=O)[nH]c(=O)[nH]c12.OCCCCP(O)O. The molecule has 7 N–H and O–H groups in total. The van der Waals surface area contributed by atoms with Gasteiger partial charge in [-0.15, -0.1) is 0 Å². The maximum Gasteiger partial charge on any atom is 0.326 e. The molecule has 0 atom stereocenters. The van der Waals surface area contributed by atoms with Crippen LogP contribution in [0.3, 0.4) is 0 Å². The van der Waals surface area contributed by atoms with Gasteiger partial charge in [0.15, 0.2) is 8.38 Å². The third kappa shape index (κ3) is 5.70.